The summed E-state index contributed by atoms with van der Waals surface area (Å²) in [4.78, 5) is 33.6. The smallest absolute Gasteiger partial charge is 0.345 e. The Hall–Kier alpha value is -2.70. The maximum atomic E-state index is 12.0. The standard InChI is InChI=1S/C12H9NO6/c1-2-18-12(15)9-6-19-10-4-3-7(13(16)17)5-8(10)11(9)14/h3-6H,2H2,1H3. The fourth-order valence-corrected chi connectivity index (χ4v) is 1.58. The van der Waals surface area contributed by atoms with Crippen LogP contribution in [0.25, 0.3) is 11.0 Å². The van der Waals surface area contributed by atoms with Crippen LogP contribution < -0.4 is 5.43 Å². The van der Waals surface area contributed by atoms with Gasteiger partial charge in [0.25, 0.3) is 5.69 Å². The second-order valence-corrected chi connectivity index (χ2v) is 3.64. The molecule has 0 saturated heterocycles. The van der Waals surface area contributed by atoms with Crippen LogP contribution in [-0.4, -0.2) is 17.5 Å². The molecule has 1 aromatic heterocycles. The molecule has 7 nitrogen and oxygen atoms in total. The zero-order valence-electron chi connectivity index (χ0n) is 9.91. The van der Waals surface area contributed by atoms with Crippen LogP contribution in [0.15, 0.2) is 33.7 Å². The maximum absolute atomic E-state index is 12.0. The van der Waals surface area contributed by atoms with Crippen molar-refractivity contribution in [2.75, 3.05) is 6.61 Å². The zero-order chi connectivity index (χ0) is 14.0. The number of nitrogens with zero attached hydrogens (tertiary/aromatic N) is 1. The van der Waals surface area contributed by atoms with Crippen LogP contribution in [0.2, 0.25) is 0 Å². The van der Waals surface area contributed by atoms with E-state index in [9.17, 15) is 19.7 Å². The summed E-state index contributed by atoms with van der Waals surface area (Å²) in [7, 11) is 0. The van der Waals surface area contributed by atoms with Gasteiger partial charge < -0.3 is 9.15 Å². The fourth-order valence-electron chi connectivity index (χ4n) is 1.58. The quantitative estimate of drug-likeness (QED) is 0.476. The Balaban J connectivity index is 2.65. The first-order chi connectivity index (χ1) is 9.04. The number of carbonyl (C=O) groups excluding carboxylic acids is 1. The predicted molar refractivity (Wildman–Crippen MR) is 65.1 cm³/mol. The Morgan fingerprint density at radius 3 is 2.84 bits per heavy atom. The first kappa shape index (κ1) is 12.7. The third-order valence-corrected chi connectivity index (χ3v) is 2.46. The van der Waals surface area contributed by atoms with Gasteiger partial charge in [0.05, 0.1) is 16.9 Å². The number of hydrogen-bond donors (Lipinski definition) is 0. The lowest BCUT2D eigenvalue weighted by molar-refractivity contribution is -0.384. The van der Waals surface area contributed by atoms with Crippen LogP contribution in [0.1, 0.15) is 17.3 Å². The highest BCUT2D eigenvalue weighted by Crippen LogP contribution is 2.18. The number of benzene rings is 1. The molecule has 0 fully saturated rings. The number of esters is 1. The predicted octanol–water partition coefficient (Wildman–Crippen LogP) is 1.88. The van der Waals surface area contributed by atoms with Gasteiger partial charge in [0.1, 0.15) is 17.4 Å². The number of nitro groups is 1. The van der Waals surface area contributed by atoms with E-state index in [2.05, 4.69) is 0 Å². The zero-order valence-corrected chi connectivity index (χ0v) is 9.91. The summed E-state index contributed by atoms with van der Waals surface area (Å²) in [5.74, 6) is -0.815. The summed E-state index contributed by atoms with van der Waals surface area (Å²) >= 11 is 0. The van der Waals surface area contributed by atoms with Crippen molar-refractivity contribution < 1.29 is 18.9 Å². The highest BCUT2D eigenvalue weighted by Gasteiger charge is 2.17. The summed E-state index contributed by atoms with van der Waals surface area (Å²) in [6, 6.07) is 3.60. The lowest BCUT2D eigenvalue weighted by Gasteiger charge is -2.02. The van der Waals surface area contributed by atoms with E-state index in [1.165, 1.54) is 12.1 Å². The summed E-state index contributed by atoms with van der Waals surface area (Å²) in [5.41, 5.74) is -1.01. The molecule has 19 heavy (non-hydrogen) atoms. The summed E-state index contributed by atoms with van der Waals surface area (Å²) in [6.07, 6.45) is 0.995. The van der Waals surface area contributed by atoms with E-state index in [-0.39, 0.29) is 28.8 Å². The van der Waals surface area contributed by atoms with Gasteiger partial charge in [-0.2, -0.15) is 0 Å². The van der Waals surface area contributed by atoms with E-state index < -0.39 is 16.3 Å². The normalized spacial score (nSPS) is 10.4. The van der Waals surface area contributed by atoms with Gasteiger partial charge in [-0.05, 0) is 13.0 Å². The van der Waals surface area contributed by atoms with Crippen LogP contribution in [0.3, 0.4) is 0 Å². The fraction of sp³-hybridized carbons (Fsp3) is 0.167. The number of rotatable bonds is 3. The van der Waals surface area contributed by atoms with Crippen molar-refractivity contribution in [1.29, 1.82) is 0 Å². The molecule has 1 heterocycles. The van der Waals surface area contributed by atoms with Crippen molar-refractivity contribution in [1.82, 2.24) is 0 Å². The van der Waals surface area contributed by atoms with Crippen molar-refractivity contribution in [3.63, 3.8) is 0 Å². The van der Waals surface area contributed by atoms with E-state index in [1.807, 2.05) is 0 Å². The molecule has 2 aromatic rings. The molecule has 0 aliphatic carbocycles. The molecular formula is C12H9NO6. The molecule has 0 amide bonds. The molecule has 2 rings (SSSR count). The van der Waals surface area contributed by atoms with Gasteiger partial charge in [-0.25, -0.2) is 4.79 Å². The lowest BCUT2D eigenvalue weighted by atomic mass is 10.1. The van der Waals surface area contributed by atoms with E-state index in [0.717, 1.165) is 12.3 Å². The van der Waals surface area contributed by atoms with E-state index in [1.54, 1.807) is 6.92 Å². The second kappa shape index (κ2) is 4.89. The van der Waals surface area contributed by atoms with Crippen LogP contribution in [0.5, 0.6) is 0 Å². The third kappa shape index (κ3) is 2.30. The molecule has 0 unspecified atom stereocenters. The minimum Gasteiger partial charge on any atom is -0.463 e. The van der Waals surface area contributed by atoms with Crippen molar-refractivity contribution in [3.8, 4) is 0 Å². The molecule has 0 bridgehead atoms. The number of hydrogen-bond acceptors (Lipinski definition) is 6. The van der Waals surface area contributed by atoms with Gasteiger partial charge in [-0.15, -0.1) is 0 Å². The second-order valence-electron chi connectivity index (χ2n) is 3.64. The molecule has 0 atom stereocenters. The highest BCUT2D eigenvalue weighted by molar-refractivity contribution is 5.93. The van der Waals surface area contributed by atoms with Gasteiger partial charge in [-0.3, -0.25) is 14.9 Å². The minimum atomic E-state index is -0.815. The van der Waals surface area contributed by atoms with Gasteiger partial charge >= 0.3 is 5.97 Å². The minimum absolute atomic E-state index is 0.0280. The van der Waals surface area contributed by atoms with Crippen molar-refractivity contribution >= 4 is 22.6 Å². The van der Waals surface area contributed by atoms with Crippen LogP contribution in [0, 0.1) is 10.1 Å². The summed E-state index contributed by atoms with van der Waals surface area (Å²) in [5, 5.41) is 10.6. The highest BCUT2D eigenvalue weighted by atomic mass is 16.6. The number of fused-ring (bicyclic) bond motifs is 1. The topological polar surface area (TPSA) is 99.7 Å². The van der Waals surface area contributed by atoms with Gasteiger partial charge in [0, 0.05) is 12.1 Å². The largest absolute Gasteiger partial charge is 0.463 e. The summed E-state index contributed by atoms with van der Waals surface area (Å²) < 4.78 is 9.80. The Morgan fingerprint density at radius 1 is 1.47 bits per heavy atom. The van der Waals surface area contributed by atoms with Gasteiger partial charge in [-0.1, -0.05) is 0 Å². The van der Waals surface area contributed by atoms with Crippen LogP contribution >= 0.6 is 0 Å². The van der Waals surface area contributed by atoms with Crippen molar-refractivity contribution in [2.45, 2.75) is 6.92 Å². The molecule has 0 radical (unpaired) electrons. The molecule has 0 aliphatic heterocycles. The Bertz CT molecular complexity index is 718. The average molecular weight is 263 g/mol. The first-order valence-corrected chi connectivity index (χ1v) is 5.41. The maximum Gasteiger partial charge on any atom is 0.345 e. The van der Waals surface area contributed by atoms with E-state index in [4.69, 9.17) is 9.15 Å². The SMILES string of the molecule is CCOC(=O)c1coc2ccc([N+](=O)[O-])cc2c1=O. The molecule has 0 saturated carbocycles. The molecule has 0 spiro atoms. The van der Waals surface area contributed by atoms with Gasteiger partial charge in [0.2, 0.25) is 5.43 Å². The molecule has 1 aromatic carbocycles. The van der Waals surface area contributed by atoms with Crippen LogP contribution in [-0.2, 0) is 4.74 Å². The Kier molecular flexibility index (Phi) is 3.28. The molecule has 0 aliphatic rings. The number of nitro benzene ring substituents is 1. The third-order valence-electron chi connectivity index (χ3n) is 2.46. The summed E-state index contributed by atoms with van der Waals surface area (Å²) in [6.45, 7) is 1.72. The first-order valence-electron chi connectivity index (χ1n) is 5.41. The monoisotopic (exact) mass is 263 g/mol. The molecular weight excluding hydrogens is 254 g/mol. The molecule has 7 heteroatoms. The Labute approximate surface area is 106 Å². The Morgan fingerprint density at radius 2 is 2.21 bits per heavy atom. The number of carbonyl (C=O) groups is 1. The van der Waals surface area contributed by atoms with E-state index in [0.29, 0.717) is 0 Å². The van der Waals surface area contributed by atoms with Crippen molar-refractivity contribution in [2.24, 2.45) is 0 Å². The molecule has 98 valence electrons. The lowest BCUT2D eigenvalue weighted by Crippen LogP contribution is -2.17. The number of non-ortho nitro benzene ring substituents is 1. The van der Waals surface area contributed by atoms with E-state index >= 15 is 0 Å². The van der Waals surface area contributed by atoms with Crippen LogP contribution in [0.4, 0.5) is 5.69 Å². The van der Waals surface area contributed by atoms with Gasteiger partial charge in [0.15, 0.2) is 0 Å². The number of ether oxygens (including phenoxy) is 1. The van der Waals surface area contributed by atoms with Crippen molar-refractivity contribution in [3.05, 3.63) is 50.4 Å². The average Bonchev–Trinajstić information content (AvgIpc) is 2.39. The molecule has 0 N–H and O–H groups in total.